The van der Waals surface area contributed by atoms with Gasteiger partial charge in [0.25, 0.3) is 11.8 Å². The Kier molecular flexibility index (Phi) is 5.53. The molecular weight excluding hydrogens is 408 g/mol. The van der Waals surface area contributed by atoms with Crippen LogP contribution >= 0.6 is 11.3 Å². The van der Waals surface area contributed by atoms with Gasteiger partial charge in [0.1, 0.15) is 23.8 Å². The van der Waals surface area contributed by atoms with Crippen LogP contribution in [0.15, 0.2) is 48.7 Å². The van der Waals surface area contributed by atoms with Gasteiger partial charge < -0.3 is 18.8 Å². The van der Waals surface area contributed by atoms with Gasteiger partial charge >= 0.3 is 5.97 Å². The summed E-state index contributed by atoms with van der Waals surface area (Å²) < 4.78 is 17.7. The number of aromatic nitrogens is 1. The molecule has 0 fully saturated rings. The van der Waals surface area contributed by atoms with Gasteiger partial charge in [0.15, 0.2) is 18.1 Å². The lowest BCUT2D eigenvalue weighted by atomic mass is 10.1. The van der Waals surface area contributed by atoms with Crippen molar-refractivity contribution in [2.75, 3.05) is 19.8 Å². The normalized spacial score (nSPS) is 12.3. The maximum Gasteiger partial charge on any atom is 0.348 e. The Morgan fingerprint density at radius 2 is 1.90 bits per heavy atom. The first-order valence-electron chi connectivity index (χ1n) is 9.14. The highest BCUT2D eigenvalue weighted by Gasteiger charge is 2.18. The number of ether oxygens (including phenoxy) is 3. The first kappa shape index (κ1) is 19.7. The van der Waals surface area contributed by atoms with E-state index < -0.39 is 24.4 Å². The maximum atomic E-state index is 12.3. The molecule has 2 amide bonds. The summed E-state index contributed by atoms with van der Waals surface area (Å²) in [5.41, 5.74) is 1.21. The minimum atomic E-state index is -0.696. The van der Waals surface area contributed by atoms with E-state index in [0.717, 1.165) is 10.4 Å². The molecule has 1 aromatic carbocycles. The zero-order valence-corrected chi connectivity index (χ0v) is 16.9. The molecule has 0 unspecified atom stereocenters. The number of benzene rings is 1. The molecule has 4 rings (SSSR count). The number of hydrogen-bond acceptors (Lipinski definition) is 7. The Labute approximate surface area is 176 Å². The number of nitrogens with one attached hydrogen (secondary N) is 1. The molecule has 0 spiro atoms. The second-order valence-corrected chi connectivity index (χ2v) is 7.56. The van der Waals surface area contributed by atoms with E-state index in [0.29, 0.717) is 35.3 Å². The summed E-state index contributed by atoms with van der Waals surface area (Å²) in [6.45, 7) is 0.463. The smallest absolute Gasteiger partial charge is 0.348 e. The molecular formula is C21H18N2O6S. The number of amides is 2. The molecule has 1 aliphatic heterocycles. The number of hydrogen-bond donors (Lipinski definition) is 1. The lowest BCUT2D eigenvalue weighted by Crippen LogP contribution is -2.35. The van der Waals surface area contributed by atoms with Crippen LogP contribution in [0.4, 0.5) is 0 Å². The van der Waals surface area contributed by atoms with Gasteiger partial charge in [-0.1, -0.05) is 0 Å². The lowest BCUT2D eigenvalue weighted by molar-refractivity contribution is -0.123. The molecule has 154 valence electrons. The SMILES string of the molecule is Cn1cccc1C(=O)NC(=O)COC(=O)c1ccc(-c2ccc3c(c2)OCCO3)s1. The first-order valence-corrected chi connectivity index (χ1v) is 9.95. The molecule has 0 radical (unpaired) electrons. The van der Waals surface area contributed by atoms with Crippen LogP contribution in [-0.4, -0.2) is 42.2 Å². The minimum Gasteiger partial charge on any atom is -0.486 e. The summed E-state index contributed by atoms with van der Waals surface area (Å²) in [6, 6.07) is 12.3. The van der Waals surface area contributed by atoms with Crippen molar-refractivity contribution in [3.8, 4) is 21.9 Å². The van der Waals surface area contributed by atoms with E-state index in [4.69, 9.17) is 14.2 Å². The molecule has 1 N–H and O–H groups in total. The lowest BCUT2D eigenvalue weighted by Gasteiger charge is -2.18. The fraction of sp³-hybridized carbons (Fsp3) is 0.190. The van der Waals surface area contributed by atoms with Crippen molar-refractivity contribution in [1.82, 2.24) is 9.88 Å². The Morgan fingerprint density at radius 1 is 1.10 bits per heavy atom. The number of thiophene rings is 1. The van der Waals surface area contributed by atoms with E-state index in [2.05, 4.69) is 5.32 Å². The van der Waals surface area contributed by atoms with Gasteiger partial charge in [-0.3, -0.25) is 14.9 Å². The summed E-state index contributed by atoms with van der Waals surface area (Å²) in [5, 5.41) is 2.19. The third-order valence-electron chi connectivity index (χ3n) is 4.40. The van der Waals surface area contributed by atoms with E-state index in [9.17, 15) is 14.4 Å². The fourth-order valence-electron chi connectivity index (χ4n) is 2.93. The average Bonchev–Trinajstić information content (AvgIpc) is 3.41. The number of carbonyl (C=O) groups is 3. The Morgan fingerprint density at radius 3 is 2.67 bits per heavy atom. The quantitative estimate of drug-likeness (QED) is 0.630. The number of fused-ring (bicyclic) bond motifs is 1. The molecule has 2 aromatic heterocycles. The number of esters is 1. The minimum absolute atomic E-state index is 0.331. The molecule has 0 saturated carbocycles. The van der Waals surface area contributed by atoms with Gasteiger partial charge in [-0.05, 0) is 48.0 Å². The number of nitrogens with zero attached hydrogens (tertiary/aromatic N) is 1. The molecule has 3 aromatic rings. The van der Waals surface area contributed by atoms with Crippen molar-refractivity contribution in [2.45, 2.75) is 0 Å². The van der Waals surface area contributed by atoms with Gasteiger partial charge in [0.2, 0.25) is 0 Å². The molecule has 3 heterocycles. The highest BCUT2D eigenvalue weighted by molar-refractivity contribution is 7.17. The second kappa shape index (κ2) is 8.42. The summed E-state index contributed by atoms with van der Waals surface area (Å²) in [7, 11) is 1.69. The molecule has 0 saturated heterocycles. The van der Waals surface area contributed by atoms with Crippen LogP contribution < -0.4 is 14.8 Å². The summed E-state index contributed by atoms with van der Waals surface area (Å²) in [4.78, 5) is 37.4. The van der Waals surface area contributed by atoms with E-state index in [1.165, 1.54) is 11.3 Å². The van der Waals surface area contributed by atoms with Gasteiger partial charge in [0, 0.05) is 18.1 Å². The molecule has 0 atom stereocenters. The van der Waals surface area contributed by atoms with E-state index in [1.807, 2.05) is 18.2 Å². The fourth-order valence-corrected chi connectivity index (χ4v) is 3.82. The monoisotopic (exact) mass is 426 g/mol. The number of carbonyl (C=O) groups excluding carboxylic acids is 3. The van der Waals surface area contributed by atoms with E-state index in [1.54, 1.807) is 42.1 Å². The van der Waals surface area contributed by atoms with Crippen molar-refractivity contribution in [3.05, 3.63) is 59.2 Å². The van der Waals surface area contributed by atoms with Crippen molar-refractivity contribution >= 4 is 29.1 Å². The van der Waals surface area contributed by atoms with Crippen LogP contribution in [0.25, 0.3) is 10.4 Å². The van der Waals surface area contributed by atoms with Crippen LogP contribution in [0, 0.1) is 0 Å². The summed E-state index contributed by atoms with van der Waals surface area (Å²) >= 11 is 1.24. The third kappa shape index (κ3) is 4.20. The average molecular weight is 426 g/mol. The molecule has 9 heteroatoms. The number of imide groups is 1. The molecule has 0 bridgehead atoms. The molecule has 8 nitrogen and oxygen atoms in total. The van der Waals surface area contributed by atoms with Crippen LogP contribution in [0.2, 0.25) is 0 Å². The zero-order chi connectivity index (χ0) is 21.1. The second-order valence-electron chi connectivity index (χ2n) is 6.48. The molecule has 30 heavy (non-hydrogen) atoms. The standard InChI is InChI=1S/C21H18N2O6S/c1-23-8-2-3-14(23)20(25)22-19(24)12-29-21(26)18-7-6-17(30-18)13-4-5-15-16(11-13)28-10-9-27-15/h2-8,11H,9-10,12H2,1H3,(H,22,24,25). The Hall–Kier alpha value is -3.59. The maximum absolute atomic E-state index is 12.3. The van der Waals surface area contributed by atoms with Crippen molar-refractivity contribution in [3.63, 3.8) is 0 Å². The predicted octanol–water partition coefficient (Wildman–Crippen LogP) is 2.64. The van der Waals surface area contributed by atoms with Crippen LogP contribution in [-0.2, 0) is 16.6 Å². The van der Waals surface area contributed by atoms with Crippen LogP contribution in [0.3, 0.4) is 0 Å². The number of aryl methyl sites for hydroxylation is 1. The Bertz CT molecular complexity index is 1120. The van der Waals surface area contributed by atoms with Gasteiger partial charge in [0.05, 0.1) is 0 Å². The van der Waals surface area contributed by atoms with Crippen molar-refractivity contribution in [2.24, 2.45) is 7.05 Å². The van der Waals surface area contributed by atoms with Gasteiger partial charge in [-0.25, -0.2) is 4.79 Å². The van der Waals surface area contributed by atoms with Gasteiger partial charge in [-0.2, -0.15) is 0 Å². The Balaban J connectivity index is 1.34. The van der Waals surface area contributed by atoms with Crippen LogP contribution in [0.5, 0.6) is 11.5 Å². The highest BCUT2D eigenvalue weighted by atomic mass is 32.1. The van der Waals surface area contributed by atoms with Crippen molar-refractivity contribution < 1.29 is 28.6 Å². The third-order valence-corrected chi connectivity index (χ3v) is 5.51. The first-order chi connectivity index (χ1) is 14.5. The molecule has 0 aliphatic carbocycles. The highest BCUT2D eigenvalue weighted by Crippen LogP contribution is 2.37. The van der Waals surface area contributed by atoms with Gasteiger partial charge in [-0.15, -0.1) is 11.3 Å². The number of rotatable bonds is 5. The summed E-state index contributed by atoms with van der Waals surface area (Å²) in [5.74, 6) is -0.531. The molecule has 1 aliphatic rings. The van der Waals surface area contributed by atoms with Crippen LogP contribution in [0.1, 0.15) is 20.2 Å². The summed E-state index contributed by atoms with van der Waals surface area (Å²) in [6.07, 6.45) is 1.69. The topological polar surface area (TPSA) is 95.9 Å². The largest absolute Gasteiger partial charge is 0.486 e. The van der Waals surface area contributed by atoms with E-state index >= 15 is 0 Å². The predicted molar refractivity (Wildman–Crippen MR) is 109 cm³/mol. The van der Waals surface area contributed by atoms with Crippen molar-refractivity contribution in [1.29, 1.82) is 0 Å². The zero-order valence-electron chi connectivity index (χ0n) is 16.0. The van der Waals surface area contributed by atoms with E-state index in [-0.39, 0.29) is 0 Å².